The molecule has 0 radical (unpaired) electrons. The lowest BCUT2D eigenvalue weighted by Crippen LogP contribution is -2.41. The Hall–Kier alpha value is -1.27. The zero-order valence-corrected chi connectivity index (χ0v) is 12.4. The molecular formula is C13H19NO4S. The fourth-order valence-electron chi connectivity index (χ4n) is 2.36. The quantitative estimate of drug-likeness (QED) is 0.901. The molecule has 5 nitrogen and oxygen atoms in total. The smallest absolute Gasteiger partial charge is 0.211 e. The minimum Gasteiger partial charge on any atom is -0.508 e. The fraction of sp³-hybridized carbons (Fsp3) is 0.538. The van der Waals surface area contributed by atoms with Crippen LogP contribution in [0.1, 0.15) is 31.9 Å². The van der Waals surface area contributed by atoms with Gasteiger partial charge in [0.1, 0.15) is 17.1 Å². The predicted molar refractivity (Wildman–Crippen MR) is 72.8 cm³/mol. The molecule has 0 aromatic heterocycles. The van der Waals surface area contributed by atoms with Crippen LogP contribution in [-0.2, 0) is 10.0 Å². The zero-order valence-electron chi connectivity index (χ0n) is 11.5. The van der Waals surface area contributed by atoms with Crippen LogP contribution in [0.4, 0.5) is 0 Å². The lowest BCUT2D eigenvalue weighted by Gasteiger charge is -2.40. The maximum atomic E-state index is 11.8. The number of nitrogens with zero attached hydrogens (tertiary/aromatic N) is 1. The summed E-state index contributed by atoms with van der Waals surface area (Å²) in [5.74, 6) is 0.725. The molecule has 1 aliphatic heterocycles. The molecule has 106 valence electrons. The number of rotatable bonds is 2. The van der Waals surface area contributed by atoms with Crippen molar-refractivity contribution in [2.75, 3.05) is 13.3 Å². The van der Waals surface area contributed by atoms with E-state index in [4.69, 9.17) is 4.74 Å². The van der Waals surface area contributed by atoms with Crippen LogP contribution in [0.2, 0.25) is 0 Å². The molecule has 0 fully saturated rings. The molecule has 0 amide bonds. The first-order valence-electron chi connectivity index (χ1n) is 6.05. The third kappa shape index (κ3) is 2.84. The van der Waals surface area contributed by atoms with Crippen LogP contribution >= 0.6 is 0 Å². The van der Waals surface area contributed by atoms with Gasteiger partial charge >= 0.3 is 0 Å². The second-order valence-electron chi connectivity index (χ2n) is 5.58. The SMILES string of the molecule is CN(C1CC(C)(C)Oc2ccc(O)cc21)S(C)(=O)=O. The third-order valence-corrected chi connectivity index (χ3v) is 4.69. The molecule has 0 bridgehead atoms. The minimum atomic E-state index is -3.31. The van der Waals surface area contributed by atoms with E-state index in [9.17, 15) is 13.5 Å². The minimum absolute atomic E-state index is 0.106. The van der Waals surface area contributed by atoms with Crippen LogP contribution in [0.25, 0.3) is 0 Å². The van der Waals surface area contributed by atoms with Gasteiger partial charge in [-0.15, -0.1) is 0 Å². The molecule has 0 saturated heterocycles. The van der Waals surface area contributed by atoms with Crippen LogP contribution in [0.15, 0.2) is 18.2 Å². The molecule has 0 aliphatic carbocycles. The van der Waals surface area contributed by atoms with Crippen LogP contribution in [0, 0.1) is 0 Å². The van der Waals surface area contributed by atoms with Gasteiger partial charge in [0.05, 0.1) is 12.3 Å². The molecule has 1 N–H and O–H groups in total. The van der Waals surface area contributed by atoms with E-state index in [1.807, 2.05) is 13.8 Å². The summed E-state index contributed by atoms with van der Waals surface area (Å²) in [6.07, 6.45) is 1.71. The summed E-state index contributed by atoms with van der Waals surface area (Å²) in [5, 5.41) is 9.60. The van der Waals surface area contributed by atoms with Gasteiger partial charge in [-0.3, -0.25) is 0 Å². The van der Waals surface area contributed by atoms with E-state index in [-0.39, 0.29) is 11.8 Å². The predicted octanol–water partition coefficient (Wildman–Crippen LogP) is 1.89. The molecule has 0 saturated carbocycles. The number of phenols is 1. The van der Waals surface area contributed by atoms with Gasteiger partial charge in [-0.25, -0.2) is 8.42 Å². The number of hydrogen-bond donors (Lipinski definition) is 1. The highest BCUT2D eigenvalue weighted by Crippen LogP contribution is 2.43. The van der Waals surface area contributed by atoms with Crippen molar-refractivity contribution < 1.29 is 18.3 Å². The van der Waals surface area contributed by atoms with E-state index in [1.54, 1.807) is 19.2 Å². The normalized spacial score (nSPS) is 21.8. The molecule has 1 aromatic carbocycles. The number of phenolic OH excluding ortho intramolecular Hbond substituents is 1. The van der Waals surface area contributed by atoms with Crippen LogP contribution in [0.3, 0.4) is 0 Å². The molecule has 1 aromatic rings. The fourth-order valence-corrected chi connectivity index (χ4v) is 3.01. The Morgan fingerprint density at radius 3 is 2.63 bits per heavy atom. The van der Waals surface area contributed by atoms with E-state index < -0.39 is 15.6 Å². The average Bonchev–Trinajstić information content (AvgIpc) is 2.26. The summed E-state index contributed by atoms with van der Waals surface area (Å²) in [6.45, 7) is 3.85. The van der Waals surface area contributed by atoms with Crippen LogP contribution in [0.5, 0.6) is 11.5 Å². The van der Waals surface area contributed by atoms with Gasteiger partial charge in [0.2, 0.25) is 10.0 Å². The van der Waals surface area contributed by atoms with Gasteiger partial charge in [-0.05, 0) is 32.0 Å². The number of benzene rings is 1. The summed E-state index contributed by atoms with van der Waals surface area (Å²) in [5.41, 5.74) is 0.250. The molecular weight excluding hydrogens is 266 g/mol. The lowest BCUT2D eigenvalue weighted by atomic mass is 9.89. The second kappa shape index (κ2) is 4.38. The first-order chi connectivity index (χ1) is 8.60. The van der Waals surface area contributed by atoms with Gasteiger partial charge in [-0.2, -0.15) is 4.31 Å². The Morgan fingerprint density at radius 2 is 2.05 bits per heavy atom. The Balaban J connectivity index is 2.53. The van der Waals surface area contributed by atoms with Crippen molar-refractivity contribution in [1.82, 2.24) is 4.31 Å². The summed E-state index contributed by atoms with van der Waals surface area (Å²) in [7, 11) is -1.76. The summed E-state index contributed by atoms with van der Waals surface area (Å²) in [6, 6.07) is 4.45. The summed E-state index contributed by atoms with van der Waals surface area (Å²) < 4.78 is 30.7. The number of aromatic hydroxyl groups is 1. The monoisotopic (exact) mass is 285 g/mol. The Labute approximate surface area is 113 Å². The molecule has 1 aliphatic rings. The topological polar surface area (TPSA) is 66.8 Å². The third-order valence-electron chi connectivity index (χ3n) is 3.39. The molecule has 1 unspecified atom stereocenters. The van der Waals surface area contributed by atoms with E-state index in [1.165, 1.54) is 16.6 Å². The number of ether oxygens (including phenoxy) is 1. The molecule has 1 heterocycles. The van der Waals surface area contributed by atoms with Crippen molar-refractivity contribution in [2.45, 2.75) is 31.9 Å². The number of hydrogen-bond acceptors (Lipinski definition) is 4. The van der Waals surface area contributed by atoms with E-state index in [2.05, 4.69) is 0 Å². The molecule has 0 spiro atoms. The molecule has 1 atom stereocenters. The lowest BCUT2D eigenvalue weighted by molar-refractivity contribution is 0.0540. The van der Waals surface area contributed by atoms with Gasteiger partial charge in [0.15, 0.2) is 0 Å². The number of sulfonamides is 1. The van der Waals surface area contributed by atoms with Gasteiger partial charge in [-0.1, -0.05) is 0 Å². The summed E-state index contributed by atoms with van der Waals surface area (Å²) in [4.78, 5) is 0. The van der Waals surface area contributed by atoms with E-state index in [0.29, 0.717) is 17.7 Å². The van der Waals surface area contributed by atoms with Crippen molar-refractivity contribution >= 4 is 10.0 Å². The number of fused-ring (bicyclic) bond motifs is 1. The van der Waals surface area contributed by atoms with Gasteiger partial charge in [0, 0.05) is 19.0 Å². The molecule has 2 rings (SSSR count). The zero-order chi connectivity index (χ0) is 14.4. The highest BCUT2D eigenvalue weighted by Gasteiger charge is 2.38. The van der Waals surface area contributed by atoms with Crippen molar-refractivity contribution in [3.8, 4) is 11.5 Å². The maximum absolute atomic E-state index is 11.8. The Morgan fingerprint density at radius 1 is 1.42 bits per heavy atom. The maximum Gasteiger partial charge on any atom is 0.211 e. The van der Waals surface area contributed by atoms with Crippen molar-refractivity contribution in [2.24, 2.45) is 0 Å². The van der Waals surface area contributed by atoms with E-state index >= 15 is 0 Å². The highest BCUT2D eigenvalue weighted by molar-refractivity contribution is 7.88. The van der Waals surface area contributed by atoms with E-state index in [0.717, 1.165) is 0 Å². The standard InChI is InChI=1S/C13H19NO4S/c1-13(2)8-11(14(3)19(4,16)17)10-7-9(15)5-6-12(10)18-13/h5-7,11,15H,8H2,1-4H3. The molecule has 19 heavy (non-hydrogen) atoms. The summed E-state index contributed by atoms with van der Waals surface area (Å²) >= 11 is 0. The van der Waals surface area contributed by atoms with Gasteiger partial charge < -0.3 is 9.84 Å². The van der Waals surface area contributed by atoms with Crippen molar-refractivity contribution in [3.05, 3.63) is 23.8 Å². The first kappa shape index (κ1) is 14.1. The van der Waals surface area contributed by atoms with Crippen LogP contribution in [-0.4, -0.2) is 36.7 Å². The first-order valence-corrected chi connectivity index (χ1v) is 7.90. The van der Waals surface area contributed by atoms with Crippen molar-refractivity contribution in [3.63, 3.8) is 0 Å². The molecule has 6 heteroatoms. The highest BCUT2D eigenvalue weighted by atomic mass is 32.2. The van der Waals surface area contributed by atoms with Crippen molar-refractivity contribution in [1.29, 1.82) is 0 Å². The second-order valence-corrected chi connectivity index (χ2v) is 7.63. The Bertz CT molecular complexity index is 595. The van der Waals surface area contributed by atoms with Gasteiger partial charge in [0.25, 0.3) is 0 Å². The van der Waals surface area contributed by atoms with Crippen LogP contribution < -0.4 is 4.74 Å². The Kier molecular flexibility index (Phi) is 3.26. The average molecular weight is 285 g/mol. The largest absolute Gasteiger partial charge is 0.508 e.